The minimum absolute atomic E-state index is 0.203. The zero-order valence-electron chi connectivity index (χ0n) is 9.46. The molecule has 0 radical (unpaired) electrons. The highest BCUT2D eigenvalue weighted by molar-refractivity contribution is 5.35. The Hall–Kier alpha value is -1.89. The summed E-state index contributed by atoms with van der Waals surface area (Å²) in [6.07, 6.45) is 1.55. The number of hydrogen-bond donors (Lipinski definition) is 0. The van der Waals surface area contributed by atoms with E-state index in [0.717, 1.165) is 32.8 Å². The quantitative estimate of drug-likeness (QED) is 0.729. The summed E-state index contributed by atoms with van der Waals surface area (Å²) in [5, 5.41) is 17.7. The molecule has 0 spiro atoms. The molecule has 1 saturated heterocycles. The van der Waals surface area contributed by atoms with E-state index < -0.39 is 0 Å². The van der Waals surface area contributed by atoms with Gasteiger partial charge in [-0.05, 0) is 0 Å². The third-order valence-corrected chi connectivity index (χ3v) is 2.81. The van der Waals surface area contributed by atoms with E-state index in [-0.39, 0.29) is 5.69 Å². The SMILES string of the molecule is N#Cc1ncn(CCN2CCOCC2)c1C#N. The average molecular weight is 231 g/mol. The molecule has 1 aliphatic rings. The number of nitrogens with zero attached hydrogens (tertiary/aromatic N) is 5. The molecule has 6 nitrogen and oxygen atoms in total. The number of aromatic nitrogens is 2. The first-order chi connectivity index (χ1) is 8.35. The Bertz CT molecular complexity index is 461. The molecule has 0 aromatic carbocycles. The van der Waals surface area contributed by atoms with Crippen LogP contribution in [0.15, 0.2) is 6.33 Å². The molecule has 0 atom stereocenters. The second-order valence-corrected chi connectivity index (χ2v) is 3.81. The third kappa shape index (κ3) is 2.62. The van der Waals surface area contributed by atoms with Gasteiger partial charge in [-0.25, -0.2) is 4.98 Å². The van der Waals surface area contributed by atoms with Crippen LogP contribution in [0.3, 0.4) is 0 Å². The van der Waals surface area contributed by atoms with Crippen LogP contribution in [0.5, 0.6) is 0 Å². The molecule has 88 valence electrons. The zero-order chi connectivity index (χ0) is 12.1. The van der Waals surface area contributed by atoms with Gasteiger partial charge in [0, 0.05) is 26.2 Å². The van der Waals surface area contributed by atoms with Crippen LogP contribution < -0.4 is 0 Å². The van der Waals surface area contributed by atoms with Crippen molar-refractivity contribution in [1.29, 1.82) is 10.5 Å². The maximum Gasteiger partial charge on any atom is 0.176 e. The van der Waals surface area contributed by atoms with Crippen LogP contribution in [0.25, 0.3) is 0 Å². The maximum atomic E-state index is 8.96. The minimum atomic E-state index is 0.203. The highest BCUT2D eigenvalue weighted by atomic mass is 16.5. The molecule has 1 aromatic rings. The number of imidazole rings is 1. The summed E-state index contributed by atoms with van der Waals surface area (Å²) in [6, 6.07) is 3.93. The Kier molecular flexibility index (Phi) is 3.71. The van der Waals surface area contributed by atoms with E-state index in [9.17, 15) is 0 Å². The van der Waals surface area contributed by atoms with Crippen LogP contribution in [-0.2, 0) is 11.3 Å². The van der Waals surface area contributed by atoms with Crippen molar-refractivity contribution < 1.29 is 4.74 Å². The van der Waals surface area contributed by atoms with E-state index in [0.29, 0.717) is 12.2 Å². The van der Waals surface area contributed by atoms with Gasteiger partial charge in [-0.2, -0.15) is 10.5 Å². The van der Waals surface area contributed by atoms with Crippen LogP contribution >= 0.6 is 0 Å². The van der Waals surface area contributed by atoms with Crippen molar-refractivity contribution in [2.45, 2.75) is 6.54 Å². The van der Waals surface area contributed by atoms with Gasteiger partial charge >= 0.3 is 0 Å². The number of ether oxygens (including phenoxy) is 1. The molecule has 1 aromatic heterocycles. The minimum Gasteiger partial charge on any atom is -0.379 e. The van der Waals surface area contributed by atoms with Crippen molar-refractivity contribution in [1.82, 2.24) is 14.5 Å². The largest absolute Gasteiger partial charge is 0.379 e. The van der Waals surface area contributed by atoms with Crippen molar-refractivity contribution in [2.24, 2.45) is 0 Å². The van der Waals surface area contributed by atoms with Crippen molar-refractivity contribution in [3.63, 3.8) is 0 Å². The number of morpholine rings is 1. The van der Waals surface area contributed by atoms with Gasteiger partial charge in [0.15, 0.2) is 11.4 Å². The fourth-order valence-corrected chi connectivity index (χ4v) is 1.82. The molecule has 2 heterocycles. The summed E-state index contributed by atoms with van der Waals surface area (Å²) in [5.74, 6) is 0. The van der Waals surface area contributed by atoms with E-state index in [4.69, 9.17) is 15.3 Å². The average Bonchev–Trinajstić information content (AvgIpc) is 2.79. The topological polar surface area (TPSA) is 77.9 Å². The molecule has 0 amide bonds. The number of nitriles is 2. The summed E-state index contributed by atoms with van der Waals surface area (Å²) >= 11 is 0. The van der Waals surface area contributed by atoms with Gasteiger partial charge in [-0.1, -0.05) is 0 Å². The second-order valence-electron chi connectivity index (χ2n) is 3.81. The Morgan fingerprint density at radius 3 is 2.65 bits per heavy atom. The Morgan fingerprint density at radius 2 is 2.00 bits per heavy atom. The first-order valence-corrected chi connectivity index (χ1v) is 5.50. The number of rotatable bonds is 3. The zero-order valence-corrected chi connectivity index (χ0v) is 9.46. The lowest BCUT2D eigenvalue weighted by Gasteiger charge is -2.26. The highest BCUT2D eigenvalue weighted by Crippen LogP contribution is 2.05. The van der Waals surface area contributed by atoms with Gasteiger partial charge in [-0.3, -0.25) is 4.90 Å². The van der Waals surface area contributed by atoms with Gasteiger partial charge < -0.3 is 9.30 Å². The molecule has 2 rings (SSSR count). The molecule has 0 aliphatic carbocycles. The predicted octanol–water partition coefficient (Wildman–Crippen LogP) is -0.0413. The van der Waals surface area contributed by atoms with Crippen molar-refractivity contribution in [2.75, 3.05) is 32.8 Å². The first kappa shape index (κ1) is 11.6. The lowest BCUT2D eigenvalue weighted by atomic mass is 10.3. The monoisotopic (exact) mass is 231 g/mol. The first-order valence-electron chi connectivity index (χ1n) is 5.50. The van der Waals surface area contributed by atoms with Crippen LogP contribution in [0.4, 0.5) is 0 Å². The third-order valence-electron chi connectivity index (χ3n) is 2.81. The van der Waals surface area contributed by atoms with Gasteiger partial charge in [0.05, 0.1) is 19.5 Å². The smallest absolute Gasteiger partial charge is 0.176 e. The summed E-state index contributed by atoms with van der Waals surface area (Å²) in [6.45, 7) is 4.89. The summed E-state index contributed by atoms with van der Waals surface area (Å²) in [5.41, 5.74) is 0.551. The molecule has 0 bridgehead atoms. The summed E-state index contributed by atoms with van der Waals surface area (Å²) in [4.78, 5) is 6.18. The highest BCUT2D eigenvalue weighted by Gasteiger charge is 2.13. The Labute approximate surface area is 99.6 Å². The van der Waals surface area contributed by atoms with Crippen molar-refractivity contribution >= 4 is 0 Å². The van der Waals surface area contributed by atoms with E-state index >= 15 is 0 Å². The second kappa shape index (κ2) is 5.44. The molecular weight excluding hydrogens is 218 g/mol. The fourth-order valence-electron chi connectivity index (χ4n) is 1.82. The molecule has 0 saturated carbocycles. The van der Waals surface area contributed by atoms with E-state index in [1.165, 1.54) is 0 Å². The van der Waals surface area contributed by atoms with Crippen molar-refractivity contribution in [3.8, 4) is 12.1 Å². The lowest BCUT2D eigenvalue weighted by Crippen LogP contribution is -2.38. The van der Waals surface area contributed by atoms with E-state index in [1.54, 1.807) is 10.9 Å². The molecule has 0 unspecified atom stereocenters. The Morgan fingerprint density at radius 1 is 1.24 bits per heavy atom. The number of hydrogen-bond acceptors (Lipinski definition) is 5. The maximum absolute atomic E-state index is 8.96. The van der Waals surface area contributed by atoms with Gasteiger partial charge in [-0.15, -0.1) is 0 Å². The molecule has 1 fully saturated rings. The normalized spacial score (nSPS) is 16.4. The van der Waals surface area contributed by atoms with Gasteiger partial charge in [0.1, 0.15) is 12.1 Å². The van der Waals surface area contributed by atoms with Crippen LogP contribution in [0, 0.1) is 22.7 Å². The van der Waals surface area contributed by atoms with Crippen LogP contribution in [-0.4, -0.2) is 47.3 Å². The van der Waals surface area contributed by atoms with Crippen LogP contribution in [0.1, 0.15) is 11.4 Å². The summed E-state index contributed by atoms with van der Waals surface area (Å²) < 4.78 is 6.99. The molecule has 1 aliphatic heterocycles. The van der Waals surface area contributed by atoms with Gasteiger partial charge in [0.25, 0.3) is 0 Å². The lowest BCUT2D eigenvalue weighted by molar-refractivity contribution is 0.0363. The predicted molar refractivity (Wildman–Crippen MR) is 58.9 cm³/mol. The molecule has 17 heavy (non-hydrogen) atoms. The van der Waals surface area contributed by atoms with Crippen LogP contribution in [0.2, 0.25) is 0 Å². The summed E-state index contributed by atoms with van der Waals surface area (Å²) in [7, 11) is 0. The van der Waals surface area contributed by atoms with Gasteiger partial charge in [0.2, 0.25) is 0 Å². The van der Waals surface area contributed by atoms with E-state index in [2.05, 4.69) is 9.88 Å². The molecular formula is C11H13N5O. The van der Waals surface area contributed by atoms with E-state index in [1.807, 2.05) is 12.1 Å². The molecule has 6 heteroatoms. The standard InChI is InChI=1S/C11H13N5O/c12-7-10-11(8-13)16(9-14-10)2-1-15-3-5-17-6-4-15/h9H,1-6H2. The Balaban J connectivity index is 1.97. The fraction of sp³-hybridized carbons (Fsp3) is 0.545. The van der Waals surface area contributed by atoms with Crippen molar-refractivity contribution in [3.05, 3.63) is 17.7 Å². The molecule has 0 N–H and O–H groups in total.